The molecule has 0 unspecified atom stereocenters. The zero-order valence-corrected chi connectivity index (χ0v) is 16.6. The molecule has 0 amide bonds. The molecule has 27 heavy (non-hydrogen) atoms. The predicted molar refractivity (Wildman–Crippen MR) is 113 cm³/mol. The molecule has 0 aliphatic rings. The van der Waals surface area contributed by atoms with E-state index in [1.54, 1.807) is 0 Å². The second-order valence-corrected chi connectivity index (χ2v) is 7.32. The maximum Gasteiger partial charge on any atom is 0.317 e. The molecule has 1 atom stereocenters. The Morgan fingerprint density at radius 3 is 1.96 bits per heavy atom. The third kappa shape index (κ3) is 6.56. The van der Waals surface area contributed by atoms with E-state index in [9.17, 15) is 4.79 Å². The van der Waals surface area contributed by atoms with Gasteiger partial charge in [-0.3, -0.25) is 4.79 Å². The first kappa shape index (κ1) is 20.7. The number of benzene rings is 2. The van der Waals surface area contributed by atoms with E-state index < -0.39 is 5.92 Å². The minimum Gasteiger partial charge on any atom is -0.465 e. The largest absolute Gasteiger partial charge is 0.465 e. The van der Waals surface area contributed by atoms with Crippen LogP contribution in [0.1, 0.15) is 44.2 Å². The van der Waals surface area contributed by atoms with Crippen molar-refractivity contribution in [2.75, 3.05) is 6.61 Å². The molecule has 142 valence electrons. The highest BCUT2D eigenvalue weighted by atomic mass is 16.5. The number of carbonyl (C=O) groups is 1. The third-order valence-corrected chi connectivity index (χ3v) is 4.68. The zero-order chi connectivity index (χ0) is 19.6. The molecule has 0 aromatic heterocycles. The minimum absolute atomic E-state index is 0.196. The molecule has 2 rings (SSSR count). The SMILES string of the molecule is C=C(C)/C=C/[C@@H](CCOC(=O)C(c1ccccc1)c1ccccc1)C(C)C. The van der Waals surface area contributed by atoms with Gasteiger partial charge in [0.1, 0.15) is 5.92 Å². The lowest BCUT2D eigenvalue weighted by Gasteiger charge is -2.20. The Balaban J connectivity index is 2.07. The van der Waals surface area contributed by atoms with E-state index in [2.05, 4.69) is 26.5 Å². The number of allylic oxidation sites excluding steroid dienone is 3. The monoisotopic (exact) mass is 362 g/mol. The second-order valence-electron chi connectivity index (χ2n) is 7.32. The van der Waals surface area contributed by atoms with Gasteiger partial charge in [0.15, 0.2) is 0 Å². The number of carbonyl (C=O) groups excluding carboxylic acids is 1. The normalized spacial score (nSPS) is 12.5. The van der Waals surface area contributed by atoms with Gasteiger partial charge in [-0.25, -0.2) is 0 Å². The molecule has 2 nitrogen and oxygen atoms in total. The van der Waals surface area contributed by atoms with Gasteiger partial charge >= 0.3 is 5.97 Å². The fraction of sp³-hybridized carbons (Fsp3) is 0.320. The van der Waals surface area contributed by atoms with Crippen molar-refractivity contribution in [2.45, 2.75) is 33.1 Å². The van der Waals surface area contributed by atoms with Gasteiger partial charge in [-0.15, -0.1) is 0 Å². The molecule has 2 heteroatoms. The highest BCUT2D eigenvalue weighted by molar-refractivity contribution is 5.82. The summed E-state index contributed by atoms with van der Waals surface area (Å²) in [5, 5.41) is 0. The second kappa shape index (κ2) is 10.5. The Kier molecular flexibility index (Phi) is 8.06. The molecule has 2 aromatic carbocycles. The van der Waals surface area contributed by atoms with E-state index in [0.717, 1.165) is 23.1 Å². The highest BCUT2D eigenvalue weighted by Gasteiger charge is 2.24. The van der Waals surface area contributed by atoms with Crippen LogP contribution >= 0.6 is 0 Å². The molecule has 0 saturated carbocycles. The van der Waals surface area contributed by atoms with Gasteiger partial charge in [0.25, 0.3) is 0 Å². The Morgan fingerprint density at radius 2 is 1.52 bits per heavy atom. The summed E-state index contributed by atoms with van der Waals surface area (Å²) in [4.78, 5) is 12.9. The summed E-state index contributed by atoms with van der Waals surface area (Å²) in [7, 11) is 0. The predicted octanol–water partition coefficient (Wildman–Crippen LogP) is 6.16. The molecule has 0 heterocycles. The summed E-state index contributed by atoms with van der Waals surface area (Å²) in [5.41, 5.74) is 2.94. The molecule has 2 aromatic rings. The maximum absolute atomic E-state index is 12.9. The van der Waals surface area contributed by atoms with Crippen LogP contribution in [0.5, 0.6) is 0 Å². The lowest BCUT2D eigenvalue weighted by Crippen LogP contribution is -2.19. The van der Waals surface area contributed by atoms with Crippen LogP contribution in [0.15, 0.2) is 85.0 Å². The van der Waals surface area contributed by atoms with Crippen molar-refractivity contribution < 1.29 is 9.53 Å². The Hall–Kier alpha value is -2.61. The lowest BCUT2D eigenvalue weighted by molar-refractivity contribution is -0.144. The molecule has 0 bridgehead atoms. The van der Waals surface area contributed by atoms with Crippen molar-refractivity contribution in [1.82, 2.24) is 0 Å². The molecule has 0 saturated heterocycles. The fourth-order valence-corrected chi connectivity index (χ4v) is 3.07. The zero-order valence-electron chi connectivity index (χ0n) is 16.6. The minimum atomic E-state index is -0.393. The van der Waals surface area contributed by atoms with E-state index in [-0.39, 0.29) is 5.97 Å². The fourth-order valence-electron chi connectivity index (χ4n) is 3.07. The van der Waals surface area contributed by atoms with Crippen LogP contribution in [0, 0.1) is 11.8 Å². The first-order valence-corrected chi connectivity index (χ1v) is 9.59. The topological polar surface area (TPSA) is 26.3 Å². The first-order valence-electron chi connectivity index (χ1n) is 9.59. The van der Waals surface area contributed by atoms with Crippen LogP contribution in [0.2, 0.25) is 0 Å². The first-order chi connectivity index (χ1) is 13.0. The molecule has 0 radical (unpaired) electrons. The summed E-state index contributed by atoms with van der Waals surface area (Å²) < 4.78 is 5.71. The van der Waals surface area contributed by atoms with Crippen molar-refractivity contribution in [3.8, 4) is 0 Å². The molecular formula is C25H30O2. The number of hydrogen-bond donors (Lipinski definition) is 0. The van der Waals surface area contributed by atoms with E-state index >= 15 is 0 Å². The van der Waals surface area contributed by atoms with Crippen LogP contribution in [0.4, 0.5) is 0 Å². The van der Waals surface area contributed by atoms with E-state index in [4.69, 9.17) is 4.74 Å². The average Bonchev–Trinajstić information content (AvgIpc) is 2.66. The molecule has 0 fully saturated rings. The third-order valence-electron chi connectivity index (χ3n) is 4.68. The van der Waals surface area contributed by atoms with Gasteiger partial charge in [-0.05, 0) is 36.3 Å². The Morgan fingerprint density at radius 1 is 1.00 bits per heavy atom. The van der Waals surface area contributed by atoms with Crippen LogP contribution in [0.3, 0.4) is 0 Å². The van der Waals surface area contributed by atoms with E-state index in [1.165, 1.54) is 0 Å². The summed E-state index contributed by atoms with van der Waals surface area (Å²) in [6.45, 7) is 10.7. The van der Waals surface area contributed by atoms with Gasteiger partial charge in [-0.1, -0.05) is 98.8 Å². The summed E-state index contributed by atoms with van der Waals surface area (Å²) >= 11 is 0. The molecule has 0 aliphatic carbocycles. The Labute approximate surface area is 163 Å². The summed E-state index contributed by atoms with van der Waals surface area (Å²) in [5.74, 6) is 0.259. The quantitative estimate of drug-likeness (QED) is 0.395. The van der Waals surface area contributed by atoms with Crippen molar-refractivity contribution in [3.63, 3.8) is 0 Å². The van der Waals surface area contributed by atoms with E-state index in [1.807, 2.05) is 73.7 Å². The van der Waals surface area contributed by atoms with E-state index in [0.29, 0.717) is 18.4 Å². The van der Waals surface area contributed by atoms with Gasteiger partial charge in [0, 0.05) is 0 Å². The van der Waals surface area contributed by atoms with Crippen molar-refractivity contribution in [1.29, 1.82) is 0 Å². The smallest absolute Gasteiger partial charge is 0.317 e. The van der Waals surface area contributed by atoms with Gasteiger partial charge in [0.05, 0.1) is 6.61 Å². The summed E-state index contributed by atoms with van der Waals surface area (Å²) in [6, 6.07) is 19.6. The van der Waals surface area contributed by atoms with Crippen molar-refractivity contribution >= 4 is 5.97 Å². The van der Waals surface area contributed by atoms with Crippen LogP contribution in [-0.4, -0.2) is 12.6 Å². The maximum atomic E-state index is 12.9. The standard InChI is InChI=1S/C25H30O2/c1-19(2)15-16-21(20(3)4)17-18-27-25(26)24(22-11-7-5-8-12-22)23-13-9-6-10-14-23/h5-16,20-21,24H,1,17-18H2,2-4H3/b16-15+/t21-/m0/s1. The average molecular weight is 363 g/mol. The molecule has 0 spiro atoms. The van der Waals surface area contributed by atoms with Crippen LogP contribution < -0.4 is 0 Å². The number of esters is 1. The summed E-state index contributed by atoms with van der Waals surface area (Å²) in [6.07, 6.45) is 5.03. The van der Waals surface area contributed by atoms with Crippen LogP contribution in [-0.2, 0) is 9.53 Å². The van der Waals surface area contributed by atoms with Crippen LogP contribution in [0.25, 0.3) is 0 Å². The molecule has 0 N–H and O–H groups in total. The van der Waals surface area contributed by atoms with Gasteiger partial charge in [0.2, 0.25) is 0 Å². The van der Waals surface area contributed by atoms with Gasteiger partial charge < -0.3 is 4.74 Å². The molecular weight excluding hydrogens is 332 g/mol. The van der Waals surface area contributed by atoms with Crippen molar-refractivity contribution in [3.05, 3.63) is 96.1 Å². The number of ether oxygens (including phenoxy) is 1. The Bertz CT molecular complexity index is 705. The van der Waals surface area contributed by atoms with Gasteiger partial charge in [-0.2, -0.15) is 0 Å². The number of rotatable bonds is 9. The molecule has 0 aliphatic heterocycles. The number of hydrogen-bond acceptors (Lipinski definition) is 2. The van der Waals surface area contributed by atoms with Crippen molar-refractivity contribution in [2.24, 2.45) is 11.8 Å². The lowest BCUT2D eigenvalue weighted by atomic mass is 9.91. The highest BCUT2D eigenvalue weighted by Crippen LogP contribution is 2.26.